The van der Waals surface area contributed by atoms with Gasteiger partial charge in [-0.3, -0.25) is 0 Å². The summed E-state index contributed by atoms with van der Waals surface area (Å²) < 4.78 is 9.16. The Kier molecular flexibility index (Phi) is 9.68. The number of hydrogen-bond acceptors (Lipinski definition) is 2. The van der Waals surface area contributed by atoms with Crippen molar-refractivity contribution in [2.24, 2.45) is 0 Å². The summed E-state index contributed by atoms with van der Waals surface area (Å²) in [5, 5.41) is 12.3. The van der Waals surface area contributed by atoms with Crippen molar-refractivity contribution in [1.29, 1.82) is 0 Å². The van der Waals surface area contributed by atoms with Gasteiger partial charge < -0.3 is 13.9 Å². The molecule has 0 radical (unpaired) electrons. The lowest BCUT2D eigenvalue weighted by atomic mass is 9.81. The lowest BCUT2D eigenvalue weighted by molar-refractivity contribution is 0.660. The van der Waals surface area contributed by atoms with E-state index in [1.807, 2.05) is 6.07 Å². The summed E-state index contributed by atoms with van der Waals surface area (Å²) in [6.07, 6.45) is 0. The third kappa shape index (κ3) is 6.71. The Balaban J connectivity index is 0.803. The van der Waals surface area contributed by atoms with E-state index in [9.17, 15) is 0 Å². The molecule has 3 nitrogen and oxygen atoms in total. The Bertz CT molecular complexity index is 4890. The maximum Gasteiger partial charge on any atom is 0.159 e. The van der Waals surface area contributed by atoms with Gasteiger partial charge in [0.15, 0.2) is 5.58 Å². The van der Waals surface area contributed by atoms with Crippen LogP contribution >= 0.6 is 0 Å². The van der Waals surface area contributed by atoms with Gasteiger partial charge in [0.1, 0.15) is 5.58 Å². The lowest BCUT2D eigenvalue weighted by Crippen LogP contribution is -2.14. The first-order chi connectivity index (χ1) is 38.4. The molecule has 0 amide bonds. The number of para-hydroxylation sites is 3. The molecule has 0 unspecified atom stereocenters. The first kappa shape index (κ1) is 44.3. The highest BCUT2D eigenvalue weighted by molar-refractivity contribution is 6.26. The number of aromatic nitrogens is 1. The lowest BCUT2D eigenvalue weighted by Gasteiger charge is -2.26. The van der Waals surface area contributed by atoms with Crippen molar-refractivity contribution in [3.05, 3.63) is 278 Å². The average Bonchev–Trinajstić information content (AvgIpc) is 4.33. The summed E-state index contributed by atoms with van der Waals surface area (Å²) in [5.41, 5.74) is 20.8. The summed E-state index contributed by atoms with van der Waals surface area (Å²) in [4.78, 5) is 2.34. The molecular weight excluding hydrogens is 945 g/mol. The van der Waals surface area contributed by atoms with Gasteiger partial charge in [-0.2, -0.15) is 0 Å². The molecule has 0 saturated carbocycles. The molecule has 0 atom stereocenters. The fourth-order valence-electron chi connectivity index (χ4n) is 13.2. The van der Waals surface area contributed by atoms with Crippen molar-refractivity contribution in [2.75, 3.05) is 4.90 Å². The number of benzene rings is 13. The van der Waals surface area contributed by atoms with Crippen LogP contribution in [-0.2, 0) is 5.41 Å². The third-order valence-corrected chi connectivity index (χ3v) is 17.0. The third-order valence-electron chi connectivity index (χ3n) is 17.0. The number of hydrogen-bond donors (Lipinski definition) is 0. The van der Waals surface area contributed by atoms with Gasteiger partial charge in [-0.1, -0.05) is 196 Å². The van der Waals surface area contributed by atoms with E-state index in [-0.39, 0.29) is 5.41 Å². The first-order valence-electron chi connectivity index (χ1n) is 27.1. The quantitative estimate of drug-likeness (QED) is 0.148. The molecule has 1 aliphatic carbocycles. The summed E-state index contributed by atoms with van der Waals surface area (Å²) in [6.45, 7) is 4.72. The minimum Gasteiger partial charge on any atom is -0.454 e. The van der Waals surface area contributed by atoms with Crippen molar-refractivity contribution in [2.45, 2.75) is 19.3 Å². The Morgan fingerprint density at radius 1 is 0.321 bits per heavy atom. The Morgan fingerprint density at radius 2 is 0.782 bits per heavy atom. The maximum atomic E-state index is 6.74. The molecule has 0 saturated heterocycles. The van der Waals surface area contributed by atoms with Crippen LogP contribution in [0.5, 0.6) is 0 Å². The van der Waals surface area contributed by atoms with Gasteiger partial charge in [0.2, 0.25) is 0 Å². The predicted molar refractivity (Wildman–Crippen MR) is 329 cm³/mol. The van der Waals surface area contributed by atoms with Crippen molar-refractivity contribution in [3.63, 3.8) is 0 Å². The Labute approximate surface area is 452 Å². The van der Waals surface area contributed by atoms with Gasteiger partial charge in [-0.15, -0.1) is 0 Å². The van der Waals surface area contributed by atoms with E-state index < -0.39 is 0 Å². The molecular formula is C75H50N2O. The molecule has 13 aromatic carbocycles. The van der Waals surface area contributed by atoms with Crippen molar-refractivity contribution < 1.29 is 4.42 Å². The molecule has 15 aromatic rings. The summed E-state index contributed by atoms with van der Waals surface area (Å²) >= 11 is 0. The van der Waals surface area contributed by atoms with Crippen LogP contribution in [0.4, 0.5) is 17.1 Å². The van der Waals surface area contributed by atoms with Crippen LogP contribution in [0.25, 0.3) is 126 Å². The highest BCUT2D eigenvalue weighted by atomic mass is 16.3. The summed E-state index contributed by atoms with van der Waals surface area (Å²) in [5.74, 6) is 0. The van der Waals surface area contributed by atoms with Crippen LogP contribution in [0, 0.1) is 0 Å². The zero-order valence-corrected chi connectivity index (χ0v) is 43.2. The molecule has 2 aromatic heterocycles. The fraction of sp³-hybridized carbons (Fsp3) is 0.0400. The topological polar surface area (TPSA) is 21.3 Å². The second-order valence-corrected chi connectivity index (χ2v) is 21.6. The minimum absolute atomic E-state index is 0.0757. The van der Waals surface area contributed by atoms with E-state index in [1.165, 1.54) is 93.1 Å². The number of rotatable bonds is 7. The molecule has 0 fully saturated rings. The number of anilines is 3. The van der Waals surface area contributed by atoms with Crippen LogP contribution in [0.1, 0.15) is 25.0 Å². The van der Waals surface area contributed by atoms with E-state index in [1.54, 1.807) is 0 Å². The number of furan rings is 1. The van der Waals surface area contributed by atoms with Gasteiger partial charge in [0, 0.05) is 44.0 Å². The van der Waals surface area contributed by atoms with E-state index >= 15 is 0 Å². The second kappa shape index (κ2) is 17.0. The van der Waals surface area contributed by atoms with Gasteiger partial charge >= 0.3 is 0 Å². The smallest absolute Gasteiger partial charge is 0.159 e. The standard InChI is InChI=1S/C75H50N2O/c1-75(2)68-24-12-10-21-61(68)62-40-32-52(46-69(62)75)51-34-42-71-67(45-51)66-44-50(33-41-70(66)77(71)53-15-4-3-5-16-53)48-29-37-55(38-30-48)76(72-25-14-23-64-63-22-11-13-26-73(63)78-74(64)72)54-35-27-47(28-36-54)49-31-39-60-58-19-7-6-17-56(58)57-18-8-9-20-59(57)65(60)43-49/h3-46H,1-2H3. The van der Waals surface area contributed by atoms with E-state index in [2.05, 4.69) is 284 Å². The minimum atomic E-state index is -0.0757. The second-order valence-electron chi connectivity index (χ2n) is 21.6. The van der Waals surface area contributed by atoms with Gasteiger partial charge in [0.05, 0.1) is 16.7 Å². The van der Waals surface area contributed by atoms with Crippen LogP contribution in [0.15, 0.2) is 271 Å². The molecule has 2 heterocycles. The molecule has 0 aliphatic heterocycles. The zero-order chi connectivity index (χ0) is 51.6. The normalized spacial score (nSPS) is 12.8. The molecule has 0 N–H and O–H groups in total. The maximum absolute atomic E-state index is 6.74. The molecule has 3 heteroatoms. The monoisotopic (exact) mass is 994 g/mol. The molecule has 78 heavy (non-hydrogen) atoms. The summed E-state index contributed by atoms with van der Waals surface area (Å²) in [7, 11) is 0. The molecule has 1 aliphatic rings. The van der Waals surface area contributed by atoms with Crippen LogP contribution in [0.3, 0.4) is 0 Å². The number of nitrogens with zero attached hydrogens (tertiary/aromatic N) is 2. The molecule has 366 valence electrons. The Hall–Kier alpha value is -9.96. The van der Waals surface area contributed by atoms with Crippen LogP contribution in [-0.4, -0.2) is 4.57 Å². The van der Waals surface area contributed by atoms with Crippen LogP contribution < -0.4 is 4.90 Å². The average molecular weight is 995 g/mol. The van der Waals surface area contributed by atoms with E-state index in [4.69, 9.17) is 4.42 Å². The number of fused-ring (bicyclic) bond motifs is 15. The van der Waals surface area contributed by atoms with Gasteiger partial charge in [-0.05, 0) is 173 Å². The van der Waals surface area contributed by atoms with E-state index in [0.717, 1.165) is 61.4 Å². The van der Waals surface area contributed by atoms with Crippen molar-refractivity contribution in [1.82, 2.24) is 4.57 Å². The van der Waals surface area contributed by atoms with Gasteiger partial charge in [0.25, 0.3) is 0 Å². The fourth-order valence-corrected chi connectivity index (χ4v) is 13.2. The van der Waals surface area contributed by atoms with Crippen molar-refractivity contribution >= 4 is 93.1 Å². The first-order valence-corrected chi connectivity index (χ1v) is 27.1. The van der Waals surface area contributed by atoms with Crippen molar-refractivity contribution in [3.8, 4) is 50.2 Å². The Morgan fingerprint density at radius 3 is 1.44 bits per heavy atom. The zero-order valence-electron chi connectivity index (χ0n) is 43.2. The molecule has 0 bridgehead atoms. The van der Waals surface area contributed by atoms with Gasteiger partial charge in [-0.25, -0.2) is 0 Å². The molecule has 16 rings (SSSR count). The summed E-state index contributed by atoms with van der Waals surface area (Å²) in [6, 6.07) is 98.1. The largest absolute Gasteiger partial charge is 0.454 e. The highest BCUT2D eigenvalue weighted by Gasteiger charge is 2.35. The molecule has 0 spiro atoms. The predicted octanol–water partition coefficient (Wildman–Crippen LogP) is 20.9. The van der Waals surface area contributed by atoms with E-state index in [0.29, 0.717) is 0 Å². The van der Waals surface area contributed by atoms with Crippen LogP contribution in [0.2, 0.25) is 0 Å². The highest BCUT2D eigenvalue weighted by Crippen LogP contribution is 2.50. The SMILES string of the molecule is CC1(C)c2ccccc2-c2ccc(-c3ccc4c(c3)c3cc(-c5ccc(N(c6ccc(-c7ccc8c9ccccc9c9ccccc9c8c7)cc6)c6cccc7c6oc6ccccc67)cc5)ccc3n4-c3ccccc3)cc21.